The van der Waals surface area contributed by atoms with Crippen LogP contribution in [0, 0.1) is 6.92 Å². The average molecular weight is 354 g/mol. The van der Waals surface area contributed by atoms with Gasteiger partial charge in [0, 0.05) is 36.5 Å². The molecule has 2 aromatic rings. The molecule has 0 saturated carbocycles. The molecule has 0 spiro atoms. The molecule has 7 nitrogen and oxygen atoms in total. The number of aromatic nitrogens is 3. The molecule has 1 fully saturated rings. The summed E-state index contributed by atoms with van der Waals surface area (Å²) < 4.78 is 1.85. The second kappa shape index (κ2) is 7.25. The van der Waals surface area contributed by atoms with Crippen LogP contribution in [0.1, 0.15) is 43.9 Å². The van der Waals surface area contributed by atoms with Crippen molar-refractivity contribution in [2.75, 3.05) is 18.4 Å². The van der Waals surface area contributed by atoms with Crippen LogP contribution in [-0.2, 0) is 0 Å². The van der Waals surface area contributed by atoms with E-state index in [-0.39, 0.29) is 18.4 Å². The molecule has 0 bridgehead atoms. The van der Waals surface area contributed by atoms with Crippen LogP contribution >= 0.6 is 12.4 Å². The number of carbonyl (C=O) groups is 1. The second-order valence-electron chi connectivity index (χ2n) is 6.46. The lowest BCUT2D eigenvalue weighted by molar-refractivity contribution is 0.133. The number of rotatable bonds is 3. The molecule has 0 aliphatic carbocycles. The SMILES string of the molecule is Cc1cc(NC2CCN(C(=O)O)CC2)n2ncc(C(C)C)c2n1.Cl. The number of halogens is 1. The third kappa shape index (κ3) is 3.56. The lowest BCUT2D eigenvalue weighted by atomic mass is 10.1. The highest BCUT2D eigenvalue weighted by atomic mass is 35.5. The van der Waals surface area contributed by atoms with Crippen LogP contribution < -0.4 is 5.32 Å². The Balaban J connectivity index is 0.00000208. The second-order valence-corrected chi connectivity index (χ2v) is 6.46. The van der Waals surface area contributed by atoms with Crippen LogP contribution in [0.5, 0.6) is 0 Å². The first kappa shape index (κ1) is 18.3. The molecule has 0 unspecified atom stereocenters. The van der Waals surface area contributed by atoms with Crippen LogP contribution in [0.2, 0.25) is 0 Å². The number of likely N-dealkylation sites (tertiary alicyclic amines) is 1. The summed E-state index contributed by atoms with van der Waals surface area (Å²) in [5, 5.41) is 17.0. The molecule has 1 saturated heterocycles. The van der Waals surface area contributed by atoms with E-state index in [1.54, 1.807) is 0 Å². The molecule has 3 heterocycles. The van der Waals surface area contributed by atoms with Crippen molar-refractivity contribution in [3.8, 4) is 0 Å². The number of hydrogen-bond donors (Lipinski definition) is 2. The molecule has 132 valence electrons. The molecule has 1 aliphatic rings. The predicted octanol–water partition coefficient (Wildman–Crippen LogP) is 3.14. The fourth-order valence-corrected chi connectivity index (χ4v) is 3.04. The summed E-state index contributed by atoms with van der Waals surface area (Å²) in [6.07, 6.45) is 2.64. The van der Waals surface area contributed by atoms with Gasteiger partial charge >= 0.3 is 6.09 Å². The number of nitrogens with one attached hydrogen (secondary N) is 1. The molecule has 1 aliphatic heterocycles. The molecule has 0 atom stereocenters. The number of hydrogen-bond acceptors (Lipinski definition) is 4. The first-order valence-corrected chi connectivity index (χ1v) is 8.05. The van der Waals surface area contributed by atoms with E-state index in [2.05, 4.69) is 29.2 Å². The molecular weight excluding hydrogens is 330 g/mol. The van der Waals surface area contributed by atoms with Crippen LogP contribution in [0.15, 0.2) is 12.3 Å². The van der Waals surface area contributed by atoms with Gasteiger partial charge in [0.15, 0.2) is 5.65 Å². The van der Waals surface area contributed by atoms with Gasteiger partial charge in [0.25, 0.3) is 0 Å². The first-order valence-electron chi connectivity index (χ1n) is 8.05. The molecule has 3 rings (SSSR count). The summed E-state index contributed by atoms with van der Waals surface area (Å²) in [6, 6.07) is 2.25. The standard InChI is InChI=1S/C16H23N5O2.ClH/c1-10(2)13-9-17-21-14(8-11(3)18-15(13)21)19-12-4-6-20(7-5-12)16(22)23;/h8-10,12,19H,4-7H2,1-3H3,(H,22,23);1H. The van der Waals surface area contributed by atoms with Gasteiger partial charge in [-0.3, -0.25) is 0 Å². The highest BCUT2D eigenvalue weighted by Crippen LogP contribution is 2.23. The Morgan fingerprint density at radius 1 is 1.38 bits per heavy atom. The zero-order valence-electron chi connectivity index (χ0n) is 14.2. The van der Waals surface area contributed by atoms with Gasteiger partial charge in [-0.05, 0) is 25.7 Å². The maximum absolute atomic E-state index is 11.0. The number of anilines is 1. The number of amides is 1. The molecule has 0 aromatic carbocycles. The van der Waals surface area contributed by atoms with Crippen LogP contribution in [0.3, 0.4) is 0 Å². The van der Waals surface area contributed by atoms with Gasteiger partial charge in [0.1, 0.15) is 5.82 Å². The summed E-state index contributed by atoms with van der Waals surface area (Å²) >= 11 is 0. The van der Waals surface area contributed by atoms with Crippen molar-refractivity contribution >= 4 is 30.0 Å². The Labute approximate surface area is 147 Å². The van der Waals surface area contributed by atoms with E-state index in [1.165, 1.54) is 4.90 Å². The maximum Gasteiger partial charge on any atom is 0.407 e. The smallest absolute Gasteiger partial charge is 0.407 e. The minimum Gasteiger partial charge on any atom is -0.465 e. The van der Waals surface area contributed by atoms with Crippen molar-refractivity contribution in [1.29, 1.82) is 0 Å². The maximum atomic E-state index is 11.0. The highest BCUT2D eigenvalue weighted by molar-refractivity contribution is 5.85. The number of piperidine rings is 1. The van der Waals surface area contributed by atoms with Crippen LogP contribution in [0.4, 0.5) is 10.6 Å². The average Bonchev–Trinajstić information content (AvgIpc) is 2.91. The van der Waals surface area contributed by atoms with Crippen molar-refractivity contribution in [2.45, 2.75) is 45.6 Å². The van der Waals surface area contributed by atoms with E-state index < -0.39 is 6.09 Å². The summed E-state index contributed by atoms with van der Waals surface area (Å²) in [5.41, 5.74) is 2.98. The number of nitrogens with zero attached hydrogens (tertiary/aromatic N) is 4. The van der Waals surface area contributed by atoms with E-state index >= 15 is 0 Å². The Kier molecular flexibility index (Phi) is 5.54. The van der Waals surface area contributed by atoms with Crippen molar-refractivity contribution < 1.29 is 9.90 Å². The van der Waals surface area contributed by atoms with Crippen molar-refractivity contribution in [3.63, 3.8) is 0 Å². The minimum absolute atomic E-state index is 0. The van der Waals surface area contributed by atoms with Crippen molar-refractivity contribution in [3.05, 3.63) is 23.5 Å². The van der Waals surface area contributed by atoms with Gasteiger partial charge in [-0.25, -0.2) is 9.78 Å². The number of aryl methyl sites for hydroxylation is 1. The zero-order valence-corrected chi connectivity index (χ0v) is 15.0. The molecule has 1 amide bonds. The third-order valence-electron chi connectivity index (χ3n) is 4.37. The largest absolute Gasteiger partial charge is 0.465 e. The van der Waals surface area contributed by atoms with Crippen LogP contribution in [0.25, 0.3) is 5.65 Å². The molecule has 0 radical (unpaired) electrons. The molecule has 8 heteroatoms. The predicted molar refractivity (Wildman–Crippen MR) is 95.3 cm³/mol. The molecule has 24 heavy (non-hydrogen) atoms. The summed E-state index contributed by atoms with van der Waals surface area (Å²) in [5.74, 6) is 1.29. The van der Waals surface area contributed by atoms with Gasteiger partial charge in [-0.1, -0.05) is 13.8 Å². The summed E-state index contributed by atoms with van der Waals surface area (Å²) in [7, 11) is 0. The van der Waals surface area contributed by atoms with Crippen molar-refractivity contribution in [2.24, 2.45) is 0 Å². The Morgan fingerprint density at radius 3 is 2.62 bits per heavy atom. The monoisotopic (exact) mass is 353 g/mol. The van der Waals surface area contributed by atoms with Gasteiger partial charge in [0.05, 0.1) is 6.20 Å². The third-order valence-corrected chi connectivity index (χ3v) is 4.37. The van der Waals surface area contributed by atoms with Crippen molar-refractivity contribution in [1.82, 2.24) is 19.5 Å². The van der Waals surface area contributed by atoms with Gasteiger partial charge < -0.3 is 15.3 Å². The fourth-order valence-electron chi connectivity index (χ4n) is 3.04. The lowest BCUT2D eigenvalue weighted by Crippen LogP contribution is -2.41. The van der Waals surface area contributed by atoms with E-state index in [0.29, 0.717) is 19.0 Å². The highest BCUT2D eigenvalue weighted by Gasteiger charge is 2.23. The van der Waals surface area contributed by atoms with E-state index in [0.717, 1.165) is 35.6 Å². The van der Waals surface area contributed by atoms with E-state index in [4.69, 9.17) is 5.11 Å². The number of carboxylic acid groups (broad SMARTS) is 1. The Hall–Kier alpha value is -2.02. The lowest BCUT2D eigenvalue weighted by Gasteiger charge is -2.31. The van der Waals surface area contributed by atoms with Gasteiger partial charge in [-0.15, -0.1) is 12.4 Å². The fraction of sp³-hybridized carbons (Fsp3) is 0.562. The van der Waals surface area contributed by atoms with Gasteiger partial charge in [0.2, 0.25) is 0 Å². The minimum atomic E-state index is -0.834. The molecular formula is C16H24ClN5O2. The van der Waals surface area contributed by atoms with Gasteiger partial charge in [-0.2, -0.15) is 9.61 Å². The summed E-state index contributed by atoms with van der Waals surface area (Å²) in [4.78, 5) is 17.1. The summed E-state index contributed by atoms with van der Waals surface area (Å²) in [6.45, 7) is 7.38. The normalized spacial score (nSPS) is 15.6. The molecule has 2 N–H and O–H groups in total. The zero-order chi connectivity index (χ0) is 16.6. The molecule has 2 aromatic heterocycles. The Morgan fingerprint density at radius 2 is 2.04 bits per heavy atom. The Bertz CT molecular complexity index is 723. The van der Waals surface area contributed by atoms with Crippen LogP contribution in [-0.4, -0.2) is 49.8 Å². The quantitative estimate of drug-likeness (QED) is 0.885. The first-order chi connectivity index (χ1) is 11.0. The topological polar surface area (TPSA) is 82.8 Å². The van der Waals surface area contributed by atoms with E-state index in [9.17, 15) is 4.79 Å². The number of fused-ring (bicyclic) bond motifs is 1. The van der Waals surface area contributed by atoms with E-state index in [1.807, 2.05) is 23.7 Å².